The number of aliphatic hydroxyl groups is 1. The van der Waals surface area contributed by atoms with Crippen molar-refractivity contribution in [3.8, 4) is 0 Å². The van der Waals surface area contributed by atoms with E-state index < -0.39 is 15.6 Å². The molecule has 0 radical (unpaired) electrons. The summed E-state index contributed by atoms with van der Waals surface area (Å²) in [6.45, 7) is 5.74. The van der Waals surface area contributed by atoms with Crippen LogP contribution >= 0.6 is 0 Å². The number of hydrogen-bond acceptors (Lipinski definition) is 4. The fraction of sp³-hybridized carbons (Fsp3) is 1.00. The van der Waals surface area contributed by atoms with E-state index in [1.807, 2.05) is 20.8 Å². The molecule has 0 rings (SSSR count). The normalized spacial score (nSPS) is 14.8. The molecule has 0 heterocycles. The maximum Gasteiger partial charge on any atom is 1.00 e. The molecule has 0 amide bonds. The van der Waals surface area contributed by atoms with E-state index in [9.17, 15) is 13.0 Å². The molecule has 0 spiro atoms. The fourth-order valence-corrected chi connectivity index (χ4v) is 1.11. The van der Waals surface area contributed by atoms with E-state index in [2.05, 4.69) is 0 Å². The molecule has 6 heteroatoms. The Morgan fingerprint density at radius 2 is 1.77 bits per heavy atom. The second-order valence-corrected chi connectivity index (χ2v) is 5.58. The van der Waals surface area contributed by atoms with Crippen molar-refractivity contribution < 1.29 is 47.6 Å². The summed E-state index contributed by atoms with van der Waals surface area (Å²) in [7, 11) is -4.52. The van der Waals surface area contributed by atoms with Crippen LogP contribution in [0.1, 0.15) is 33.6 Å². The molecule has 0 aromatic heterocycles. The SMILES string of the molecule is CC(C)(C)CCC(O)S(=O)(=O)[O-].[Na+]. The summed E-state index contributed by atoms with van der Waals surface area (Å²) in [4.78, 5) is 0. The van der Waals surface area contributed by atoms with Gasteiger partial charge in [0.2, 0.25) is 0 Å². The van der Waals surface area contributed by atoms with Gasteiger partial charge in [-0.15, -0.1) is 0 Å². The minimum atomic E-state index is -4.52. The Hall–Kier alpha value is 0.870. The Morgan fingerprint density at radius 3 is 2.00 bits per heavy atom. The van der Waals surface area contributed by atoms with E-state index in [0.29, 0.717) is 6.42 Å². The van der Waals surface area contributed by atoms with Gasteiger partial charge < -0.3 is 9.66 Å². The van der Waals surface area contributed by atoms with Gasteiger partial charge in [-0.1, -0.05) is 20.8 Å². The van der Waals surface area contributed by atoms with Crippen LogP contribution in [0.3, 0.4) is 0 Å². The average molecular weight is 218 g/mol. The molecular weight excluding hydrogens is 203 g/mol. The van der Waals surface area contributed by atoms with Crippen LogP contribution in [0.25, 0.3) is 0 Å². The fourth-order valence-electron chi connectivity index (χ4n) is 0.701. The molecule has 0 aliphatic heterocycles. The molecule has 13 heavy (non-hydrogen) atoms. The first-order chi connectivity index (χ1) is 5.13. The zero-order valence-corrected chi connectivity index (χ0v) is 11.4. The minimum absolute atomic E-state index is 0. The molecule has 1 N–H and O–H groups in total. The van der Waals surface area contributed by atoms with Gasteiger partial charge in [0.05, 0.1) is 0 Å². The maximum atomic E-state index is 10.2. The van der Waals surface area contributed by atoms with Gasteiger partial charge >= 0.3 is 29.6 Å². The van der Waals surface area contributed by atoms with Crippen molar-refractivity contribution in [1.82, 2.24) is 0 Å². The number of rotatable bonds is 3. The topological polar surface area (TPSA) is 77.4 Å². The second kappa shape index (κ2) is 5.68. The Morgan fingerprint density at radius 1 is 1.38 bits per heavy atom. The predicted molar refractivity (Wildman–Crippen MR) is 44.4 cm³/mol. The van der Waals surface area contributed by atoms with E-state index in [1.165, 1.54) is 0 Å². The average Bonchev–Trinajstić information content (AvgIpc) is 1.78. The predicted octanol–water partition coefficient (Wildman–Crippen LogP) is -2.32. The van der Waals surface area contributed by atoms with Gasteiger partial charge in [-0.05, 0) is 18.3 Å². The zero-order valence-electron chi connectivity index (χ0n) is 8.57. The molecule has 0 aromatic carbocycles. The van der Waals surface area contributed by atoms with Crippen LogP contribution in [0.4, 0.5) is 0 Å². The van der Waals surface area contributed by atoms with E-state index >= 15 is 0 Å². The van der Waals surface area contributed by atoms with Crippen molar-refractivity contribution in [1.29, 1.82) is 0 Å². The van der Waals surface area contributed by atoms with Gasteiger partial charge in [-0.25, -0.2) is 8.42 Å². The number of hydrogen-bond donors (Lipinski definition) is 1. The summed E-state index contributed by atoms with van der Waals surface area (Å²) < 4.78 is 30.7. The monoisotopic (exact) mass is 218 g/mol. The van der Waals surface area contributed by atoms with E-state index in [0.717, 1.165) is 0 Å². The Bertz CT molecular complexity index is 229. The smallest absolute Gasteiger partial charge is 0.746 e. The first kappa shape index (κ1) is 16.3. The summed E-state index contributed by atoms with van der Waals surface area (Å²) in [5, 5.41) is 8.85. The summed E-state index contributed by atoms with van der Waals surface area (Å²) in [5.74, 6) is 0. The molecule has 0 fully saturated rings. The third-order valence-electron chi connectivity index (χ3n) is 1.47. The molecular formula is C7H15NaO4S. The van der Waals surface area contributed by atoms with Gasteiger partial charge in [0.15, 0.2) is 0 Å². The van der Waals surface area contributed by atoms with Crippen molar-refractivity contribution in [3.63, 3.8) is 0 Å². The van der Waals surface area contributed by atoms with Crippen molar-refractivity contribution in [2.45, 2.75) is 39.0 Å². The van der Waals surface area contributed by atoms with Gasteiger partial charge in [0, 0.05) is 0 Å². The largest absolute Gasteiger partial charge is 1.00 e. The third-order valence-corrected chi connectivity index (χ3v) is 2.38. The first-order valence-corrected chi connectivity index (χ1v) is 5.23. The van der Waals surface area contributed by atoms with E-state index in [4.69, 9.17) is 5.11 Å². The van der Waals surface area contributed by atoms with Crippen LogP contribution in [0.2, 0.25) is 0 Å². The summed E-state index contributed by atoms with van der Waals surface area (Å²) in [6, 6.07) is 0. The third kappa shape index (κ3) is 9.18. The standard InChI is InChI=1S/C7H16O4S.Na/c1-7(2,3)5-4-6(8)12(9,10)11;/h6,8H,4-5H2,1-3H3,(H,9,10,11);/q;+1/p-1. The van der Waals surface area contributed by atoms with Gasteiger partial charge in [0.1, 0.15) is 15.6 Å². The molecule has 0 aliphatic rings. The van der Waals surface area contributed by atoms with Crippen LogP contribution in [0, 0.1) is 5.41 Å². The van der Waals surface area contributed by atoms with E-state index in [-0.39, 0.29) is 41.4 Å². The molecule has 74 valence electrons. The van der Waals surface area contributed by atoms with Gasteiger partial charge in [-0.2, -0.15) is 0 Å². The van der Waals surface area contributed by atoms with Crippen LogP contribution in [0.5, 0.6) is 0 Å². The number of aliphatic hydroxyl groups excluding tert-OH is 1. The van der Waals surface area contributed by atoms with Gasteiger partial charge in [0.25, 0.3) is 0 Å². The van der Waals surface area contributed by atoms with Crippen LogP contribution in [0.15, 0.2) is 0 Å². The molecule has 1 atom stereocenters. The van der Waals surface area contributed by atoms with Crippen molar-refractivity contribution in [2.24, 2.45) is 5.41 Å². The Labute approximate surface area is 102 Å². The van der Waals surface area contributed by atoms with Crippen LogP contribution in [-0.4, -0.2) is 23.5 Å². The minimum Gasteiger partial charge on any atom is -0.746 e. The molecule has 4 nitrogen and oxygen atoms in total. The Kier molecular flexibility index (Phi) is 7.12. The van der Waals surface area contributed by atoms with Crippen LogP contribution < -0.4 is 29.6 Å². The summed E-state index contributed by atoms with van der Waals surface area (Å²) in [6.07, 6.45) is 0.519. The molecule has 0 aromatic rings. The van der Waals surface area contributed by atoms with Crippen molar-refractivity contribution in [3.05, 3.63) is 0 Å². The summed E-state index contributed by atoms with van der Waals surface area (Å²) >= 11 is 0. The molecule has 1 unspecified atom stereocenters. The quantitative estimate of drug-likeness (QED) is 0.426. The zero-order chi connectivity index (χ0) is 9.99. The van der Waals surface area contributed by atoms with Gasteiger partial charge in [-0.3, -0.25) is 0 Å². The molecule has 0 aliphatic carbocycles. The van der Waals surface area contributed by atoms with Crippen LogP contribution in [-0.2, 0) is 10.1 Å². The first-order valence-electron chi connectivity index (χ1n) is 3.76. The molecule has 0 bridgehead atoms. The second-order valence-electron chi connectivity index (χ2n) is 4.05. The Balaban J connectivity index is 0. The molecule has 0 saturated heterocycles. The van der Waals surface area contributed by atoms with E-state index in [1.54, 1.807) is 0 Å². The van der Waals surface area contributed by atoms with Crippen molar-refractivity contribution >= 4 is 10.1 Å². The summed E-state index contributed by atoms with van der Waals surface area (Å²) in [5.41, 5.74) is -1.82. The molecule has 0 saturated carbocycles. The maximum absolute atomic E-state index is 10.2. The van der Waals surface area contributed by atoms with Crippen molar-refractivity contribution in [2.75, 3.05) is 0 Å².